The normalized spacial score (nSPS) is 15.1. The number of hydrogen-bond donors (Lipinski definition) is 2. The van der Waals surface area contributed by atoms with Gasteiger partial charge in [0.1, 0.15) is 0 Å². The van der Waals surface area contributed by atoms with Gasteiger partial charge >= 0.3 is 5.97 Å². The monoisotopic (exact) mass is 268 g/mol. The Morgan fingerprint density at radius 3 is 2.89 bits per heavy atom. The van der Waals surface area contributed by atoms with E-state index < -0.39 is 5.97 Å². The van der Waals surface area contributed by atoms with E-state index in [0.29, 0.717) is 18.0 Å². The van der Waals surface area contributed by atoms with Crippen LogP contribution < -0.4 is 5.32 Å². The van der Waals surface area contributed by atoms with E-state index >= 15 is 0 Å². The van der Waals surface area contributed by atoms with Crippen molar-refractivity contribution in [2.75, 3.05) is 5.32 Å². The standard InChI is InChI=1S/C12H16N2O3S/c15-10(16)6-2-5-9-7-18-12(13-9)14-11(17)8-3-1-4-8/h7-8H,1-6H2,(H,15,16)(H,13,14,17). The van der Waals surface area contributed by atoms with Crippen molar-refractivity contribution in [1.82, 2.24) is 4.98 Å². The second kappa shape index (κ2) is 5.95. The van der Waals surface area contributed by atoms with Crippen LogP contribution in [0.1, 0.15) is 37.8 Å². The van der Waals surface area contributed by atoms with Crippen LogP contribution in [0.3, 0.4) is 0 Å². The summed E-state index contributed by atoms with van der Waals surface area (Å²) in [7, 11) is 0. The SMILES string of the molecule is O=C(O)CCCc1csc(NC(=O)C2CCC2)n1. The average molecular weight is 268 g/mol. The number of carboxylic acid groups (broad SMARTS) is 1. The second-order valence-corrected chi connectivity index (χ2v) is 5.37. The minimum absolute atomic E-state index is 0.0627. The molecule has 1 amide bonds. The molecule has 98 valence electrons. The number of amides is 1. The van der Waals surface area contributed by atoms with Crippen molar-refractivity contribution in [1.29, 1.82) is 0 Å². The number of nitrogens with one attached hydrogen (secondary N) is 1. The minimum Gasteiger partial charge on any atom is -0.481 e. The van der Waals surface area contributed by atoms with Crippen molar-refractivity contribution in [2.45, 2.75) is 38.5 Å². The van der Waals surface area contributed by atoms with Crippen molar-refractivity contribution >= 4 is 28.3 Å². The van der Waals surface area contributed by atoms with Crippen LogP contribution in [-0.4, -0.2) is 22.0 Å². The topological polar surface area (TPSA) is 79.3 Å². The predicted molar refractivity (Wildman–Crippen MR) is 68.7 cm³/mol. The van der Waals surface area contributed by atoms with Crippen LogP contribution in [0.5, 0.6) is 0 Å². The van der Waals surface area contributed by atoms with Gasteiger partial charge in [-0.1, -0.05) is 6.42 Å². The lowest BCUT2D eigenvalue weighted by Crippen LogP contribution is -2.27. The Bertz CT molecular complexity index is 440. The first-order valence-corrected chi connectivity index (χ1v) is 7.00. The number of carbonyl (C=O) groups is 2. The largest absolute Gasteiger partial charge is 0.481 e. The number of hydrogen-bond acceptors (Lipinski definition) is 4. The van der Waals surface area contributed by atoms with Gasteiger partial charge in [0.25, 0.3) is 0 Å². The molecule has 0 unspecified atom stereocenters. The van der Waals surface area contributed by atoms with E-state index in [0.717, 1.165) is 25.0 Å². The lowest BCUT2D eigenvalue weighted by atomic mass is 9.85. The number of carboxylic acids is 1. The van der Waals surface area contributed by atoms with Gasteiger partial charge in [-0.05, 0) is 25.7 Å². The highest BCUT2D eigenvalue weighted by molar-refractivity contribution is 7.13. The fourth-order valence-electron chi connectivity index (χ4n) is 1.78. The lowest BCUT2D eigenvalue weighted by molar-refractivity contribution is -0.137. The third-order valence-corrected chi connectivity index (χ3v) is 3.89. The van der Waals surface area contributed by atoms with E-state index in [-0.39, 0.29) is 18.2 Å². The van der Waals surface area contributed by atoms with Crippen molar-refractivity contribution in [3.05, 3.63) is 11.1 Å². The summed E-state index contributed by atoms with van der Waals surface area (Å²) >= 11 is 1.40. The van der Waals surface area contributed by atoms with E-state index in [1.165, 1.54) is 11.3 Å². The van der Waals surface area contributed by atoms with Gasteiger partial charge in [0, 0.05) is 17.7 Å². The maximum absolute atomic E-state index is 11.7. The number of aromatic nitrogens is 1. The smallest absolute Gasteiger partial charge is 0.303 e. The van der Waals surface area contributed by atoms with Crippen molar-refractivity contribution < 1.29 is 14.7 Å². The summed E-state index contributed by atoms with van der Waals surface area (Å²) < 4.78 is 0. The minimum atomic E-state index is -0.788. The van der Waals surface area contributed by atoms with E-state index in [1.807, 2.05) is 5.38 Å². The van der Waals surface area contributed by atoms with Gasteiger partial charge in [-0.3, -0.25) is 9.59 Å². The predicted octanol–water partition coefficient (Wildman–Crippen LogP) is 2.29. The molecule has 0 radical (unpaired) electrons. The molecule has 0 atom stereocenters. The van der Waals surface area contributed by atoms with Crippen LogP contribution in [0.4, 0.5) is 5.13 Å². The zero-order valence-electron chi connectivity index (χ0n) is 10.0. The molecule has 1 aliphatic carbocycles. The number of rotatable bonds is 6. The lowest BCUT2D eigenvalue weighted by Gasteiger charge is -2.23. The third kappa shape index (κ3) is 3.53. The molecule has 5 nitrogen and oxygen atoms in total. The summed E-state index contributed by atoms with van der Waals surface area (Å²) in [4.78, 5) is 26.3. The molecule has 1 aliphatic rings. The molecule has 1 aromatic rings. The van der Waals surface area contributed by atoms with Gasteiger partial charge < -0.3 is 10.4 Å². The van der Waals surface area contributed by atoms with Crippen LogP contribution in [0.15, 0.2) is 5.38 Å². The number of aryl methyl sites for hydroxylation is 1. The highest BCUT2D eigenvalue weighted by atomic mass is 32.1. The molecular weight excluding hydrogens is 252 g/mol. The van der Waals surface area contributed by atoms with E-state index in [1.54, 1.807) is 0 Å². The molecule has 1 aromatic heterocycles. The molecule has 1 heterocycles. The third-order valence-electron chi connectivity index (χ3n) is 3.08. The fraction of sp³-hybridized carbons (Fsp3) is 0.583. The van der Waals surface area contributed by atoms with Gasteiger partial charge in [0.05, 0.1) is 5.69 Å². The first-order valence-electron chi connectivity index (χ1n) is 6.12. The quantitative estimate of drug-likeness (QED) is 0.829. The van der Waals surface area contributed by atoms with Crippen molar-refractivity contribution in [3.63, 3.8) is 0 Å². The van der Waals surface area contributed by atoms with Crippen LogP contribution >= 0.6 is 11.3 Å². The molecule has 1 saturated carbocycles. The second-order valence-electron chi connectivity index (χ2n) is 4.51. The van der Waals surface area contributed by atoms with Gasteiger partial charge in [-0.2, -0.15) is 0 Å². The summed E-state index contributed by atoms with van der Waals surface area (Å²) in [5.41, 5.74) is 0.852. The molecule has 2 N–H and O–H groups in total. The molecule has 18 heavy (non-hydrogen) atoms. The molecule has 0 aromatic carbocycles. The molecule has 1 fully saturated rings. The summed E-state index contributed by atoms with van der Waals surface area (Å²) in [6, 6.07) is 0. The Morgan fingerprint density at radius 1 is 1.50 bits per heavy atom. The summed E-state index contributed by atoms with van der Waals surface area (Å²) in [6.45, 7) is 0. The molecule has 0 spiro atoms. The van der Waals surface area contributed by atoms with Crippen LogP contribution in [-0.2, 0) is 16.0 Å². The van der Waals surface area contributed by atoms with Gasteiger partial charge in [0.2, 0.25) is 5.91 Å². The first-order chi connectivity index (χ1) is 8.65. The van der Waals surface area contributed by atoms with Crippen LogP contribution in [0.25, 0.3) is 0 Å². The molecular formula is C12H16N2O3S. The van der Waals surface area contributed by atoms with E-state index in [4.69, 9.17) is 5.11 Å². The average Bonchev–Trinajstić information content (AvgIpc) is 2.62. The summed E-state index contributed by atoms with van der Waals surface area (Å²) in [5, 5.41) is 13.8. The summed E-state index contributed by atoms with van der Waals surface area (Å²) in [5.74, 6) is -0.569. The van der Waals surface area contributed by atoms with Crippen LogP contribution in [0, 0.1) is 5.92 Å². The van der Waals surface area contributed by atoms with Crippen LogP contribution in [0.2, 0.25) is 0 Å². The number of nitrogens with zero attached hydrogens (tertiary/aromatic N) is 1. The first kappa shape index (κ1) is 13.0. The summed E-state index contributed by atoms with van der Waals surface area (Å²) in [6.07, 6.45) is 4.46. The van der Waals surface area contributed by atoms with E-state index in [9.17, 15) is 9.59 Å². The highest BCUT2D eigenvalue weighted by Gasteiger charge is 2.25. The zero-order chi connectivity index (χ0) is 13.0. The Labute approximate surface area is 109 Å². The molecule has 0 bridgehead atoms. The van der Waals surface area contributed by atoms with Crippen molar-refractivity contribution in [3.8, 4) is 0 Å². The maximum Gasteiger partial charge on any atom is 0.303 e. The Morgan fingerprint density at radius 2 is 2.28 bits per heavy atom. The fourth-order valence-corrected chi connectivity index (χ4v) is 2.53. The molecule has 2 rings (SSSR count). The van der Waals surface area contributed by atoms with Gasteiger partial charge in [-0.25, -0.2) is 4.98 Å². The molecule has 0 aliphatic heterocycles. The number of anilines is 1. The van der Waals surface area contributed by atoms with Crippen molar-refractivity contribution in [2.24, 2.45) is 5.92 Å². The Balaban J connectivity index is 1.78. The number of carbonyl (C=O) groups excluding carboxylic acids is 1. The highest BCUT2D eigenvalue weighted by Crippen LogP contribution is 2.28. The van der Waals surface area contributed by atoms with Gasteiger partial charge in [0.15, 0.2) is 5.13 Å². The maximum atomic E-state index is 11.7. The Hall–Kier alpha value is -1.43. The molecule has 0 saturated heterocycles. The van der Waals surface area contributed by atoms with E-state index in [2.05, 4.69) is 10.3 Å². The van der Waals surface area contributed by atoms with Gasteiger partial charge in [-0.15, -0.1) is 11.3 Å². The Kier molecular flexibility index (Phi) is 4.30. The number of thiazole rings is 1. The molecule has 6 heteroatoms. The zero-order valence-corrected chi connectivity index (χ0v) is 10.8. The number of aliphatic carboxylic acids is 1.